The van der Waals surface area contributed by atoms with Crippen LogP contribution in [0, 0.1) is 5.82 Å². The summed E-state index contributed by atoms with van der Waals surface area (Å²) in [5.41, 5.74) is 10.0. The molecule has 0 aliphatic carbocycles. The van der Waals surface area contributed by atoms with Crippen LogP contribution in [0.3, 0.4) is 0 Å². The Morgan fingerprint density at radius 2 is 0.948 bits per heavy atom. The summed E-state index contributed by atoms with van der Waals surface area (Å²) in [6.45, 7) is 0. The zero-order chi connectivity index (χ0) is 38.3. The molecule has 0 aliphatic heterocycles. The van der Waals surface area contributed by atoms with Gasteiger partial charge in [-0.3, -0.25) is 4.57 Å². The highest BCUT2D eigenvalue weighted by Crippen LogP contribution is 2.44. The molecule has 0 bridgehead atoms. The molecule has 0 N–H and O–H groups in total. The van der Waals surface area contributed by atoms with Crippen LogP contribution in [0.4, 0.5) is 4.39 Å². The standard InChI is InChI=1S/C51H30FN5O/c52-34-25-23-31(24-26-34)41-29-35(30-42-38-19-9-12-22-45(38)58-48(41)42)56-43-20-10-7-17-36(43)39-27-28-40-37-18-8-11-21-44(37)57(47(40)46(39)56)51-54-49(32-13-3-1-4-14-32)53-50(55-51)33-15-5-2-6-16-33/h1-30H. The molecule has 7 heteroatoms. The van der Waals surface area contributed by atoms with E-state index in [2.05, 4.69) is 88.0 Å². The monoisotopic (exact) mass is 747 g/mol. The summed E-state index contributed by atoms with van der Waals surface area (Å²) in [6.07, 6.45) is 0. The quantitative estimate of drug-likeness (QED) is 0.176. The molecule has 8 aromatic carbocycles. The highest BCUT2D eigenvalue weighted by Gasteiger charge is 2.25. The third-order valence-electron chi connectivity index (χ3n) is 11.2. The number of aromatic nitrogens is 5. The van der Waals surface area contributed by atoms with Gasteiger partial charge in [0.1, 0.15) is 17.0 Å². The third-order valence-corrected chi connectivity index (χ3v) is 11.2. The SMILES string of the molecule is Fc1ccc(-c2cc(-n3c4ccccc4c4ccc5c6ccccc6n(-c6nc(-c7ccccc7)nc(-c7ccccc7)n6)c5c43)cc3c2oc2ccccc23)cc1. The molecule has 0 atom stereocenters. The van der Waals surface area contributed by atoms with E-state index in [0.29, 0.717) is 17.6 Å². The maximum Gasteiger partial charge on any atom is 0.238 e. The molecule has 12 aromatic rings. The van der Waals surface area contributed by atoms with Crippen LogP contribution in [0.25, 0.3) is 111 Å². The lowest BCUT2D eigenvalue weighted by Crippen LogP contribution is -2.07. The number of halogens is 1. The lowest BCUT2D eigenvalue weighted by molar-refractivity contribution is 0.628. The normalized spacial score (nSPS) is 11.9. The van der Waals surface area contributed by atoms with Gasteiger partial charge in [-0.2, -0.15) is 9.97 Å². The summed E-state index contributed by atoms with van der Waals surface area (Å²) in [4.78, 5) is 15.5. The maximum absolute atomic E-state index is 14.3. The molecule has 0 radical (unpaired) electrons. The highest BCUT2D eigenvalue weighted by atomic mass is 19.1. The fourth-order valence-electron chi connectivity index (χ4n) is 8.66. The Morgan fingerprint density at radius 3 is 1.59 bits per heavy atom. The van der Waals surface area contributed by atoms with Crippen molar-refractivity contribution in [3.63, 3.8) is 0 Å². The van der Waals surface area contributed by atoms with Gasteiger partial charge in [-0.25, -0.2) is 9.37 Å². The third kappa shape index (κ3) is 4.86. The zero-order valence-electron chi connectivity index (χ0n) is 30.8. The first-order valence-corrected chi connectivity index (χ1v) is 19.2. The van der Waals surface area contributed by atoms with E-state index in [1.54, 1.807) is 0 Å². The minimum Gasteiger partial charge on any atom is -0.455 e. The predicted molar refractivity (Wildman–Crippen MR) is 232 cm³/mol. The lowest BCUT2D eigenvalue weighted by Gasteiger charge is -2.14. The fourth-order valence-corrected chi connectivity index (χ4v) is 8.66. The van der Waals surface area contributed by atoms with Crippen molar-refractivity contribution in [1.29, 1.82) is 0 Å². The van der Waals surface area contributed by atoms with Crippen LogP contribution in [0.5, 0.6) is 0 Å². The molecule has 58 heavy (non-hydrogen) atoms. The number of benzene rings is 8. The van der Waals surface area contributed by atoms with Crippen LogP contribution in [-0.2, 0) is 0 Å². The van der Waals surface area contributed by atoms with E-state index in [1.165, 1.54) is 12.1 Å². The number of furan rings is 1. The molecule has 0 spiro atoms. The van der Waals surface area contributed by atoms with Gasteiger partial charge in [0.25, 0.3) is 0 Å². The van der Waals surface area contributed by atoms with E-state index in [4.69, 9.17) is 19.4 Å². The Balaban J connectivity index is 1.25. The molecule has 0 fully saturated rings. The molecule has 272 valence electrons. The van der Waals surface area contributed by atoms with Crippen molar-refractivity contribution in [1.82, 2.24) is 24.1 Å². The first-order chi connectivity index (χ1) is 28.7. The summed E-state index contributed by atoms with van der Waals surface area (Å²) in [5, 5.41) is 6.35. The minimum absolute atomic E-state index is 0.289. The topological polar surface area (TPSA) is 61.7 Å². The van der Waals surface area contributed by atoms with E-state index in [1.807, 2.05) is 91.0 Å². The van der Waals surface area contributed by atoms with Gasteiger partial charge in [0.15, 0.2) is 11.6 Å². The Kier molecular flexibility index (Phi) is 7.01. The Morgan fingerprint density at radius 1 is 0.414 bits per heavy atom. The molecular weight excluding hydrogens is 718 g/mol. The van der Waals surface area contributed by atoms with Gasteiger partial charge in [-0.05, 0) is 48.0 Å². The first kappa shape index (κ1) is 32.4. The van der Waals surface area contributed by atoms with E-state index >= 15 is 0 Å². The van der Waals surface area contributed by atoms with Gasteiger partial charge in [0, 0.05) is 54.7 Å². The summed E-state index contributed by atoms with van der Waals surface area (Å²) in [7, 11) is 0. The second-order valence-electron chi connectivity index (χ2n) is 14.6. The molecule has 6 nitrogen and oxygen atoms in total. The molecule has 0 saturated heterocycles. The average Bonchev–Trinajstić information content (AvgIpc) is 3.95. The zero-order valence-corrected chi connectivity index (χ0v) is 30.8. The minimum atomic E-state index is -0.289. The van der Waals surface area contributed by atoms with Crippen molar-refractivity contribution in [2.24, 2.45) is 0 Å². The van der Waals surface area contributed by atoms with Gasteiger partial charge in [-0.1, -0.05) is 140 Å². The van der Waals surface area contributed by atoms with Crippen LogP contribution >= 0.6 is 0 Å². The summed E-state index contributed by atoms with van der Waals surface area (Å²) in [5.74, 6) is 1.41. The van der Waals surface area contributed by atoms with Gasteiger partial charge in [-0.15, -0.1) is 0 Å². The van der Waals surface area contributed by atoms with E-state index in [9.17, 15) is 4.39 Å². The van der Waals surface area contributed by atoms with E-state index in [0.717, 1.165) is 93.5 Å². The van der Waals surface area contributed by atoms with Crippen LogP contribution in [0.1, 0.15) is 0 Å². The summed E-state index contributed by atoms with van der Waals surface area (Å²) < 4.78 is 25.5. The molecule has 0 unspecified atom stereocenters. The highest BCUT2D eigenvalue weighted by molar-refractivity contribution is 6.24. The largest absolute Gasteiger partial charge is 0.455 e. The molecule has 12 rings (SSSR count). The van der Waals surface area contributed by atoms with Crippen molar-refractivity contribution in [3.05, 3.63) is 188 Å². The molecule has 0 aliphatic rings. The van der Waals surface area contributed by atoms with Crippen molar-refractivity contribution < 1.29 is 8.81 Å². The molecule has 0 saturated carbocycles. The molecule has 4 aromatic heterocycles. The van der Waals surface area contributed by atoms with Crippen LogP contribution in [0.2, 0.25) is 0 Å². The number of rotatable bonds is 5. The Labute approximate surface area is 330 Å². The maximum atomic E-state index is 14.3. The lowest BCUT2D eigenvalue weighted by atomic mass is 10.0. The average molecular weight is 748 g/mol. The van der Waals surface area contributed by atoms with Crippen LogP contribution < -0.4 is 0 Å². The van der Waals surface area contributed by atoms with E-state index < -0.39 is 0 Å². The van der Waals surface area contributed by atoms with Gasteiger partial charge >= 0.3 is 0 Å². The summed E-state index contributed by atoms with van der Waals surface area (Å²) in [6, 6.07) is 60.7. The number of nitrogens with zero attached hydrogens (tertiary/aromatic N) is 5. The van der Waals surface area contributed by atoms with Gasteiger partial charge in [0.2, 0.25) is 5.95 Å². The fraction of sp³-hybridized carbons (Fsp3) is 0. The number of hydrogen-bond acceptors (Lipinski definition) is 4. The molecular formula is C51H30FN5O. The van der Waals surface area contributed by atoms with Crippen molar-refractivity contribution in [2.45, 2.75) is 0 Å². The smallest absolute Gasteiger partial charge is 0.238 e. The van der Waals surface area contributed by atoms with Gasteiger partial charge in [0.05, 0.1) is 22.1 Å². The van der Waals surface area contributed by atoms with Crippen molar-refractivity contribution >= 4 is 65.6 Å². The Hall–Kier alpha value is -7.90. The summed E-state index contributed by atoms with van der Waals surface area (Å²) >= 11 is 0. The van der Waals surface area contributed by atoms with E-state index in [-0.39, 0.29) is 5.82 Å². The number of hydrogen-bond donors (Lipinski definition) is 0. The van der Waals surface area contributed by atoms with Crippen molar-refractivity contribution in [3.8, 4) is 45.5 Å². The van der Waals surface area contributed by atoms with Crippen molar-refractivity contribution in [2.75, 3.05) is 0 Å². The van der Waals surface area contributed by atoms with Crippen LogP contribution in [-0.4, -0.2) is 24.1 Å². The molecule has 4 heterocycles. The second-order valence-corrected chi connectivity index (χ2v) is 14.6. The number of para-hydroxylation sites is 3. The Bertz CT molecular complexity index is 3510. The predicted octanol–water partition coefficient (Wildman–Crippen LogP) is 13.1. The van der Waals surface area contributed by atoms with Crippen LogP contribution in [0.15, 0.2) is 186 Å². The second kappa shape index (κ2) is 12.6. The van der Waals surface area contributed by atoms with Gasteiger partial charge < -0.3 is 8.98 Å². The number of fused-ring (bicyclic) bond motifs is 10. The molecule has 0 amide bonds. The first-order valence-electron chi connectivity index (χ1n) is 19.2.